The molecule has 3 aromatic carbocycles. The summed E-state index contributed by atoms with van der Waals surface area (Å²) in [5.41, 5.74) is 3.05. The van der Waals surface area contributed by atoms with Crippen molar-refractivity contribution in [3.05, 3.63) is 86.6 Å². The maximum Gasteiger partial charge on any atom is 0.231 e. The molecular weight excluding hydrogens is 477 g/mol. The van der Waals surface area contributed by atoms with Gasteiger partial charge >= 0.3 is 0 Å². The zero-order valence-electron chi connectivity index (χ0n) is 18.6. The normalized spacial score (nSPS) is 16.0. The van der Waals surface area contributed by atoms with Crippen LogP contribution >= 0.6 is 23.2 Å². The number of halogens is 2. The maximum absolute atomic E-state index is 13.1. The number of allylic oxidation sites excluding steroid dienone is 1. The second-order valence-electron chi connectivity index (χ2n) is 7.97. The van der Waals surface area contributed by atoms with E-state index in [0.717, 1.165) is 16.7 Å². The Bertz CT molecular complexity index is 1320. The minimum atomic E-state index is -0.176. The standard InChI is InChI=1S/C26H21Cl2NO5/c1-31-22-7-3-15(9-23(22)32-2)10-24-25(30)18-6-8-21-19(26(18)34-24)13-29(14-33-21)12-16-4-5-17(27)11-20(16)28/h3-11H,12-14H2,1-2H3/b24-10-. The van der Waals surface area contributed by atoms with E-state index in [0.29, 0.717) is 58.4 Å². The molecule has 174 valence electrons. The monoisotopic (exact) mass is 497 g/mol. The van der Waals surface area contributed by atoms with Crippen LogP contribution in [0, 0.1) is 0 Å². The number of carbonyl (C=O) groups is 1. The predicted octanol–water partition coefficient (Wildman–Crippen LogP) is 5.98. The number of hydrogen-bond acceptors (Lipinski definition) is 6. The summed E-state index contributed by atoms with van der Waals surface area (Å²) in [6, 6.07) is 14.4. The second kappa shape index (κ2) is 9.22. The molecule has 2 aliphatic heterocycles. The highest BCUT2D eigenvalue weighted by Gasteiger charge is 2.33. The predicted molar refractivity (Wildman–Crippen MR) is 130 cm³/mol. The number of rotatable bonds is 5. The molecule has 0 unspecified atom stereocenters. The SMILES string of the molecule is COc1ccc(/C=C2\Oc3c(ccc4c3CN(Cc3ccc(Cl)cc3Cl)CO4)C2=O)cc1OC. The Morgan fingerprint density at radius 2 is 1.85 bits per heavy atom. The Morgan fingerprint density at radius 1 is 1.03 bits per heavy atom. The van der Waals surface area contributed by atoms with Crippen molar-refractivity contribution in [2.45, 2.75) is 13.1 Å². The fourth-order valence-electron chi connectivity index (χ4n) is 4.09. The van der Waals surface area contributed by atoms with Gasteiger partial charge in [0.1, 0.15) is 18.2 Å². The molecule has 0 atom stereocenters. The Labute approximate surface area is 207 Å². The van der Waals surface area contributed by atoms with E-state index < -0.39 is 0 Å². The van der Waals surface area contributed by atoms with Gasteiger partial charge in [0.25, 0.3) is 0 Å². The van der Waals surface area contributed by atoms with Gasteiger partial charge in [-0.1, -0.05) is 35.3 Å². The highest BCUT2D eigenvalue weighted by atomic mass is 35.5. The third kappa shape index (κ3) is 4.20. The fraction of sp³-hybridized carbons (Fsp3) is 0.192. The van der Waals surface area contributed by atoms with Crippen LogP contribution in [0.2, 0.25) is 10.0 Å². The van der Waals surface area contributed by atoms with Gasteiger partial charge in [-0.25, -0.2) is 0 Å². The summed E-state index contributed by atoms with van der Waals surface area (Å²) in [6.45, 7) is 1.52. The summed E-state index contributed by atoms with van der Waals surface area (Å²) in [6.07, 6.45) is 1.70. The van der Waals surface area contributed by atoms with Crippen LogP contribution in [0.3, 0.4) is 0 Å². The van der Waals surface area contributed by atoms with Crippen molar-refractivity contribution in [2.75, 3.05) is 21.0 Å². The lowest BCUT2D eigenvalue weighted by atomic mass is 10.0. The summed E-state index contributed by atoms with van der Waals surface area (Å²) < 4.78 is 22.7. The number of benzene rings is 3. The molecule has 2 heterocycles. The van der Waals surface area contributed by atoms with Gasteiger partial charge in [0.15, 0.2) is 17.3 Å². The number of hydrogen-bond donors (Lipinski definition) is 0. The van der Waals surface area contributed by atoms with Crippen molar-refractivity contribution in [3.63, 3.8) is 0 Å². The molecule has 8 heteroatoms. The first-order valence-corrected chi connectivity index (χ1v) is 11.3. The van der Waals surface area contributed by atoms with E-state index in [2.05, 4.69) is 4.90 Å². The smallest absolute Gasteiger partial charge is 0.231 e. The summed E-state index contributed by atoms with van der Waals surface area (Å²) in [5, 5.41) is 1.19. The molecule has 0 fully saturated rings. The van der Waals surface area contributed by atoms with Crippen LogP contribution in [0.4, 0.5) is 0 Å². The third-order valence-electron chi connectivity index (χ3n) is 5.80. The van der Waals surface area contributed by atoms with Gasteiger partial charge in [0.05, 0.1) is 25.3 Å². The topological polar surface area (TPSA) is 57.2 Å². The number of fused-ring (bicyclic) bond motifs is 3. The number of ketones is 1. The lowest BCUT2D eigenvalue weighted by Crippen LogP contribution is -2.31. The lowest BCUT2D eigenvalue weighted by molar-refractivity contribution is 0.0873. The molecule has 0 spiro atoms. The number of methoxy groups -OCH3 is 2. The van der Waals surface area contributed by atoms with Gasteiger partial charge < -0.3 is 18.9 Å². The first-order valence-electron chi connectivity index (χ1n) is 10.6. The molecule has 0 aromatic heterocycles. The lowest BCUT2D eigenvalue weighted by Gasteiger charge is -2.30. The van der Waals surface area contributed by atoms with E-state index >= 15 is 0 Å². The first kappa shape index (κ1) is 22.6. The average molecular weight is 498 g/mol. The molecule has 0 radical (unpaired) electrons. The van der Waals surface area contributed by atoms with E-state index in [4.69, 9.17) is 42.1 Å². The quantitative estimate of drug-likeness (QED) is 0.404. The van der Waals surface area contributed by atoms with Gasteiger partial charge in [0, 0.05) is 23.1 Å². The Balaban J connectivity index is 1.41. The summed E-state index contributed by atoms with van der Waals surface area (Å²) in [5.74, 6) is 2.48. The van der Waals surface area contributed by atoms with Gasteiger partial charge in [0.2, 0.25) is 5.78 Å². The van der Waals surface area contributed by atoms with Crippen molar-refractivity contribution in [1.82, 2.24) is 4.90 Å². The number of nitrogens with zero attached hydrogens (tertiary/aromatic N) is 1. The van der Waals surface area contributed by atoms with Crippen LogP contribution in [-0.4, -0.2) is 31.6 Å². The van der Waals surface area contributed by atoms with Crippen molar-refractivity contribution < 1.29 is 23.7 Å². The molecule has 0 aliphatic carbocycles. The van der Waals surface area contributed by atoms with E-state index in [9.17, 15) is 4.79 Å². The van der Waals surface area contributed by atoms with E-state index in [1.807, 2.05) is 24.3 Å². The molecular formula is C26H21Cl2NO5. The molecule has 5 rings (SSSR count). The molecule has 2 aliphatic rings. The van der Waals surface area contributed by atoms with Crippen LogP contribution in [0.5, 0.6) is 23.0 Å². The van der Waals surface area contributed by atoms with Crippen molar-refractivity contribution in [1.29, 1.82) is 0 Å². The zero-order valence-corrected chi connectivity index (χ0v) is 20.1. The van der Waals surface area contributed by atoms with Crippen LogP contribution in [0.15, 0.2) is 54.3 Å². The first-order chi connectivity index (χ1) is 16.5. The highest BCUT2D eigenvalue weighted by molar-refractivity contribution is 6.35. The molecule has 0 amide bonds. The fourth-order valence-corrected chi connectivity index (χ4v) is 4.56. The second-order valence-corrected chi connectivity index (χ2v) is 8.81. The van der Waals surface area contributed by atoms with E-state index in [-0.39, 0.29) is 11.5 Å². The number of carbonyl (C=O) groups excluding carboxylic acids is 1. The third-order valence-corrected chi connectivity index (χ3v) is 6.38. The molecule has 3 aromatic rings. The summed E-state index contributed by atoms with van der Waals surface area (Å²) in [4.78, 5) is 15.2. The van der Waals surface area contributed by atoms with Crippen LogP contribution in [0.1, 0.15) is 27.0 Å². The van der Waals surface area contributed by atoms with Crippen LogP contribution in [-0.2, 0) is 13.1 Å². The average Bonchev–Trinajstić information content (AvgIpc) is 3.16. The Kier molecular flexibility index (Phi) is 6.13. The number of Topliss-reactive ketones (excluding diaryl/α,β-unsaturated/α-hetero) is 1. The van der Waals surface area contributed by atoms with E-state index in [1.165, 1.54) is 0 Å². The van der Waals surface area contributed by atoms with Crippen molar-refractivity contribution in [2.24, 2.45) is 0 Å². The van der Waals surface area contributed by atoms with Crippen molar-refractivity contribution in [3.8, 4) is 23.0 Å². The maximum atomic E-state index is 13.1. The number of ether oxygens (including phenoxy) is 4. The summed E-state index contributed by atoms with van der Waals surface area (Å²) >= 11 is 12.4. The Morgan fingerprint density at radius 3 is 2.62 bits per heavy atom. The zero-order chi connectivity index (χ0) is 23.8. The minimum absolute atomic E-state index is 0.176. The van der Waals surface area contributed by atoms with Crippen molar-refractivity contribution >= 4 is 35.1 Å². The van der Waals surface area contributed by atoms with E-state index in [1.54, 1.807) is 44.6 Å². The molecule has 34 heavy (non-hydrogen) atoms. The Hall–Kier alpha value is -3.19. The molecule has 0 saturated heterocycles. The molecule has 0 saturated carbocycles. The van der Waals surface area contributed by atoms with Gasteiger partial charge in [-0.3, -0.25) is 9.69 Å². The molecule has 0 bridgehead atoms. The largest absolute Gasteiger partial charge is 0.493 e. The highest BCUT2D eigenvalue weighted by Crippen LogP contribution is 2.42. The summed E-state index contributed by atoms with van der Waals surface area (Å²) in [7, 11) is 3.14. The van der Waals surface area contributed by atoms with Crippen LogP contribution < -0.4 is 18.9 Å². The van der Waals surface area contributed by atoms with Gasteiger partial charge in [-0.2, -0.15) is 0 Å². The van der Waals surface area contributed by atoms with Gasteiger partial charge in [-0.05, 0) is 53.6 Å². The minimum Gasteiger partial charge on any atom is -0.493 e. The molecule has 6 nitrogen and oxygen atoms in total. The van der Waals surface area contributed by atoms with Gasteiger partial charge in [-0.15, -0.1) is 0 Å². The van der Waals surface area contributed by atoms with Crippen LogP contribution in [0.25, 0.3) is 6.08 Å². The molecule has 0 N–H and O–H groups in total.